The molecule has 2 aliphatic carbocycles. The standard InChI is InChI=1S/C15H28N2O/c1-4-18-14-9-13(15(14,2)3)17-8-7-16-12(10-17)11-5-6-11/h11-14,16H,4-10H2,1-3H3. The number of rotatable bonds is 4. The molecular formula is C15H28N2O. The molecule has 104 valence electrons. The first kappa shape index (κ1) is 12.9. The molecule has 0 radical (unpaired) electrons. The van der Waals surface area contributed by atoms with E-state index >= 15 is 0 Å². The molecule has 0 aromatic carbocycles. The fourth-order valence-corrected chi connectivity index (χ4v) is 3.87. The van der Waals surface area contributed by atoms with Crippen molar-refractivity contribution in [3.05, 3.63) is 0 Å². The summed E-state index contributed by atoms with van der Waals surface area (Å²) in [6.07, 6.45) is 4.60. The van der Waals surface area contributed by atoms with Crippen LogP contribution in [-0.2, 0) is 4.74 Å². The van der Waals surface area contributed by atoms with E-state index in [1.165, 1.54) is 38.9 Å². The number of hydrogen-bond acceptors (Lipinski definition) is 3. The summed E-state index contributed by atoms with van der Waals surface area (Å²) in [5.74, 6) is 0.971. The zero-order chi connectivity index (χ0) is 12.8. The van der Waals surface area contributed by atoms with Crippen molar-refractivity contribution < 1.29 is 4.74 Å². The third-order valence-corrected chi connectivity index (χ3v) is 5.36. The van der Waals surface area contributed by atoms with Crippen molar-refractivity contribution in [2.24, 2.45) is 11.3 Å². The van der Waals surface area contributed by atoms with Gasteiger partial charge in [0.1, 0.15) is 0 Å². The van der Waals surface area contributed by atoms with Gasteiger partial charge in [-0.25, -0.2) is 0 Å². The predicted molar refractivity (Wildman–Crippen MR) is 73.7 cm³/mol. The molecule has 3 fully saturated rings. The summed E-state index contributed by atoms with van der Waals surface area (Å²) in [4.78, 5) is 2.73. The van der Waals surface area contributed by atoms with Gasteiger partial charge in [-0.3, -0.25) is 4.90 Å². The molecule has 0 amide bonds. The van der Waals surface area contributed by atoms with Crippen molar-refractivity contribution in [3.8, 4) is 0 Å². The Hall–Kier alpha value is -0.120. The van der Waals surface area contributed by atoms with Crippen LogP contribution in [0.4, 0.5) is 0 Å². The second-order valence-corrected chi connectivity index (χ2v) is 6.91. The van der Waals surface area contributed by atoms with Crippen LogP contribution in [0.5, 0.6) is 0 Å². The molecule has 18 heavy (non-hydrogen) atoms. The van der Waals surface area contributed by atoms with E-state index in [1.807, 2.05) is 0 Å². The van der Waals surface area contributed by atoms with E-state index < -0.39 is 0 Å². The van der Waals surface area contributed by atoms with Crippen molar-refractivity contribution in [1.29, 1.82) is 0 Å². The van der Waals surface area contributed by atoms with E-state index in [0.29, 0.717) is 11.5 Å². The van der Waals surface area contributed by atoms with Crippen LogP contribution in [0.15, 0.2) is 0 Å². The zero-order valence-corrected chi connectivity index (χ0v) is 12.1. The van der Waals surface area contributed by atoms with Crippen molar-refractivity contribution in [1.82, 2.24) is 10.2 Å². The molecular weight excluding hydrogens is 224 g/mol. The van der Waals surface area contributed by atoms with Crippen molar-refractivity contribution in [3.63, 3.8) is 0 Å². The molecule has 0 aromatic heterocycles. The minimum atomic E-state index is 0.335. The Morgan fingerprint density at radius 3 is 2.72 bits per heavy atom. The molecule has 1 aliphatic heterocycles. The van der Waals surface area contributed by atoms with Crippen molar-refractivity contribution >= 4 is 0 Å². The third kappa shape index (κ3) is 2.21. The number of piperazine rings is 1. The molecule has 1 N–H and O–H groups in total. The molecule has 3 nitrogen and oxygen atoms in total. The summed E-state index contributed by atoms with van der Waals surface area (Å²) in [5, 5.41) is 3.70. The van der Waals surface area contributed by atoms with E-state index in [2.05, 4.69) is 31.0 Å². The van der Waals surface area contributed by atoms with E-state index in [-0.39, 0.29) is 0 Å². The van der Waals surface area contributed by atoms with E-state index in [1.54, 1.807) is 0 Å². The molecule has 2 saturated carbocycles. The topological polar surface area (TPSA) is 24.5 Å². The van der Waals surface area contributed by atoms with Crippen LogP contribution in [0.25, 0.3) is 0 Å². The van der Waals surface area contributed by atoms with Crippen LogP contribution in [0.3, 0.4) is 0 Å². The van der Waals surface area contributed by atoms with Gasteiger partial charge in [0, 0.05) is 43.7 Å². The first-order valence-corrected chi connectivity index (χ1v) is 7.72. The Morgan fingerprint density at radius 2 is 2.11 bits per heavy atom. The number of ether oxygens (including phenoxy) is 1. The molecule has 1 heterocycles. The molecule has 3 aliphatic rings. The monoisotopic (exact) mass is 252 g/mol. The highest BCUT2D eigenvalue weighted by atomic mass is 16.5. The van der Waals surface area contributed by atoms with Gasteiger partial charge in [-0.1, -0.05) is 13.8 Å². The minimum Gasteiger partial charge on any atom is -0.378 e. The summed E-state index contributed by atoms with van der Waals surface area (Å²) in [6, 6.07) is 1.50. The molecule has 0 bridgehead atoms. The van der Waals surface area contributed by atoms with Crippen LogP contribution in [0, 0.1) is 11.3 Å². The predicted octanol–water partition coefficient (Wildman–Crippen LogP) is 1.87. The van der Waals surface area contributed by atoms with Gasteiger partial charge in [0.2, 0.25) is 0 Å². The Balaban J connectivity index is 1.58. The Kier molecular flexibility index (Phi) is 3.41. The molecule has 0 spiro atoms. The molecule has 3 atom stereocenters. The lowest BCUT2D eigenvalue weighted by Crippen LogP contribution is -2.66. The molecule has 1 saturated heterocycles. The van der Waals surface area contributed by atoms with Crippen molar-refractivity contribution in [2.75, 3.05) is 26.2 Å². The van der Waals surface area contributed by atoms with Crippen LogP contribution >= 0.6 is 0 Å². The minimum absolute atomic E-state index is 0.335. The largest absolute Gasteiger partial charge is 0.378 e. The Labute approximate surface area is 111 Å². The molecule has 3 rings (SSSR count). The lowest BCUT2D eigenvalue weighted by Gasteiger charge is -2.57. The second kappa shape index (κ2) is 4.77. The Morgan fingerprint density at radius 1 is 1.33 bits per heavy atom. The van der Waals surface area contributed by atoms with Gasteiger partial charge < -0.3 is 10.1 Å². The zero-order valence-electron chi connectivity index (χ0n) is 12.1. The number of nitrogens with one attached hydrogen (secondary N) is 1. The second-order valence-electron chi connectivity index (χ2n) is 6.91. The van der Waals surface area contributed by atoms with E-state index in [9.17, 15) is 0 Å². The lowest BCUT2D eigenvalue weighted by molar-refractivity contribution is -0.153. The van der Waals surface area contributed by atoms with Crippen molar-refractivity contribution in [2.45, 2.75) is 58.2 Å². The molecule has 3 heteroatoms. The Bertz CT molecular complexity index is 301. The SMILES string of the molecule is CCOC1CC(N2CCNC(C3CC3)C2)C1(C)C. The van der Waals surface area contributed by atoms with Gasteiger partial charge in [-0.05, 0) is 32.1 Å². The summed E-state index contributed by atoms with van der Waals surface area (Å²) >= 11 is 0. The highest BCUT2D eigenvalue weighted by Gasteiger charge is 2.52. The average Bonchev–Trinajstić information content (AvgIpc) is 3.18. The smallest absolute Gasteiger partial charge is 0.0655 e. The van der Waals surface area contributed by atoms with Crippen LogP contribution < -0.4 is 5.32 Å². The fraction of sp³-hybridized carbons (Fsp3) is 1.00. The first-order valence-electron chi connectivity index (χ1n) is 7.72. The van der Waals surface area contributed by atoms with E-state index in [0.717, 1.165) is 24.6 Å². The van der Waals surface area contributed by atoms with Gasteiger partial charge in [0.15, 0.2) is 0 Å². The highest BCUT2D eigenvalue weighted by molar-refractivity contribution is 5.06. The number of nitrogens with zero attached hydrogens (tertiary/aromatic N) is 1. The van der Waals surface area contributed by atoms with Gasteiger partial charge in [-0.15, -0.1) is 0 Å². The van der Waals surface area contributed by atoms with Gasteiger partial charge in [0.25, 0.3) is 0 Å². The first-order chi connectivity index (χ1) is 8.63. The summed E-state index contributed by atoms with van der Waals surface area (Å²) in [7, 11) is 0. The summed E-state index contributed by atoms with van der Waals surface area (Å²) in [5.41, 5.74) is 0.335. The number of hydrogen-bond donors (Lipinski definition) is 1. The van der Waals surface area contributed by atoms with Gasteiger partial charge in [-0.2, -0.15) is 0 Å². The van der Waals surface area contributed by atoms with Gasteiger partial charge in [0.05, 0.1) is 6.10 Å². The third-order valence-electron chi connectivity index (χ3n) is 5.36. The maximum absolute atomic E-state index is 5.86. The average molecular weight is 252 g/mol. The van der Waals surface area contributed by atoms with Gasteiger partial charge >= 0.3 is 0 Å². The maximum Gasteiger partial charge on any atom is 0.0655 e. The lowest BCUT2D eigenvalue weighted by atomic mass is 9.63. The van der Waals surface area contributed by atoms with Crippen LogP contribution in [-0.4, -0.2) is 49.3 Å². The molecule has 3 unspecified atom stereocenters. The maximum atomic E-state index is 5.86. The normalized spacial score (nSPS) is 40.5. The highest BCUT2D eigenvalue weighted by Crippen LogP contribution is 2.46. The van der Waals surface area contributed by atoms with E-state index in [4.69, 9.17) is 4.74 Å². The summed E-state index contributed by atoms with van der Waals surface area (Å²) in [6.45, 7) is 11.4. The quantitative estimate of drug-likeness (QED) is 0.827. The van der Waals surface area contributed by atoms with Crippen LogP contribution in [0.1, 0.15) is 40.0 Å². The fourth-order valence-electron chi connectivity index (χ4n) is 3.87. The summed E-state index contributed by atoms with van der Waals surface area (Å²) < 4.78 is 5.86. The molecule has 0 aromatic rings. The van der Waals surface area contributed by atoms with Crippen LogP contribution in [0.2, 0.25) is 0 Å².